The molecule has 6 N–H and O–H groups in total. The third kappa shape index (κ3) is 10.8. The number of halogens is 3. The summed E-state index contributed by atoms with van der Waals surface area (Å²) in [6.45, 7) is 0. The second-order valence-corrected chi connectivity index (χ2v) is 5.43. The highest BCUT2D eigenvalue weighted by atomic mass is 19.4. The fourth-order valence-corrected chi connectivity index (χ4v) is 1.74. The lowest BCUT2D eigenvalue weighted by atomic mass is 10.0. The van der Waals surface area contributed by atoms with Crippen LogP contribution in [-0.4, -0.2) is 57.4 Å². The molecule has 0 radical (unpaired) electrons. The van der Waals surface area contributed by atoms with Crippen molar-refractivity contribution in [3.05, 3.63) is 35.9 Å². The van der Waals surface area contributed by atoms with Gasteiger partial charge in [0.05, 0.1) is 6.04 Å². The SMILES string of the molecule is N[C@@H](CCC(=O)O)C(=O)N[C@@H](Cc1ccccc1)C(=O)O.O=C(O)C(F)(F)F. The third-order valence-electron chi connectivity index (χ3n) is 3.15. The lowest BCUT2D eigenvalue weighted by Gasteiger charge is -2.17. The molecule has 0 spiro atoms. The van der Waals surface area contributed by atoms with Crippen molar-refractivity contribution in [1.29, 1.82) is 0 Å². The first-order valence-electron chi connectivity index (χ1n) is 7.69. The zero-order chi connectivity index (χ0) is 21.9. The number of carbonyl (C=O) groups is 4. The lowest BCUT2D eigenvalue weighted by Crippen LogP contribution is -2.49. The molecule has 1 aromatic rings. The van der Waals surface area contributed by atoms with Gasteiger partial charge in [-0.2, -0.15) is 13.2 Å². The molecule has 0 saturated carbocycles. The summed E-state index contributed by atoms with van der Waals surface area (Å²) in [6.07, 6.45) is -5.24. The average Bonchev–Trinajstić information content (AvgIpc) is 2.59. The number of alkyl halides is 3. The predicted octanol–water partition coefficient (Wildman–Crippen LogP) is 0.624. The van der Waals surface area contributed by atoms with Gasteiger partial charge in [0.2, 0.25) is 5.91 Å². The second-order valence-electron chi connectivity index (χ2n) is 5.43. The van der Waals surface area contributed by atoms with E-state index in [-0.39, 0.29) is 19.3 Å². The zero-order valence-electron chi connectivity index (χ0n) is 14.3. The van der Waals surface area contributed by atoms with E-state index < -0.39 is 42.1 Å². The van der Waals surface area contributed by atoms with Crippen LogP contribution in [0.5, 0.6) is 0 Å². The molecule has 0 heterocycles. The Morgan fingerprint density at radius 2 is 1.54 bits per heavy atom. The number of nitrogens with two attached hydrogens (primary N) is 1. The summed E-state index contributed by atoms with van der Waals surface area (Å²) in [5, 5.41) is 27.1. The first-order valence-corrected chi connectivity index (χ1v) is 7.69. The Bertz CT molecular complexity index is 681. The molecule has 28 heavy (non-hydrogen) atoms. The topological polar surface area (TPSA) is 167 Å². The maximum atomic E-state index is 11.8. The van der Waals surface area contributed by atoms with Gasteiger partial charge in [0, 0.05) is 12.8 Å². The number of hydrogen-bond donors (Lipinski definition) is 5. The molecule has 0 aromatic heterocycles. The van der Waals surface area contributed by atoms with Crippen LogP contribution in [0.1, 0.15) is 18.4 Å². The van der Waals surface area contributed by atoms with Gasteiger partial charge in [0.1, 0.15) is 6.04 Å². The predicted molar refractivity (Wildman–Crippen MR) is 88.2 cm³/mol. The molecular weight excluding hydrogens is 389 g/mol. The van der Waals surface area contributed by atoms with Crippen LogP contribution in [0.2, 0.25) is 0 Å². The number of nitrogens with one attached hydrogen (secondary N) is 1. The van der Waals surface area contributed by atoms with Crippen molar-refractivity contribution in [2.24, 2.45) is 5.73 Å². The van der Waals surface area contributed by atoms with Gasteiger partial charge in [0.25, 0.3) is 0 Å². The lowest BCUT2D eigenvalue weighted by molar-refractivity contribution is -0.192. The first-order chi connectivity index (χ1) is 12.8. The minimum absolute atomic E-state index is 0.0428. The van der Waals surface area contributed by atoms with E-state index in [0.717, 1.165) is 5.56 Å². The summed E-state index contributed by atoms with van der Waals surface area (Å²) < 4.78 is 31.7. The highest BCUT2D eigenvalue weighted by Gasteiger charge is 2.38. The van der Waals surface area contributed by atoms with E-state index in [4.69, 9.17) is 25.8 Å². The summed E-state index contributed by atoms with van der Waals surface area (Å²) in [6, 6.07) is 6.72. The zero-order valence-corrected chi connectivity index (χ0v) is 14.3. The fourth-order valence-electron chi connectivity index (χ4n) is 1.74. The van der Waals surface area contributed by atoms with Crippen molar-refractivity contribution in [3.63, 3.8) is 0 Å². The number of aliphatic carboxylic acids is 3. The molecule has 1 amide bonds. The Balaban J connectivity index is 0.000000887. The molecule has 0 unspecified atom stereocenters. The van der Waals surface area contributed by atoms with E-state index in [0.29, 0.717) is 0 Å². The van der Waals surface area contributed by atoms with Gasteiger partial charge in [-0.25, -0.2) is 9.59 Å². The number of amides is 1. The molecule has 0 fully saturated rings. The molecule has 0 aliphatic heterocycles. The van der Waals surface area contributed by atoms with Crippen LogP contribution in [0.25, 0.3) is 0 Å². The standard InChI is InChI=1S/C14H18N2O5.C2HF3O2/c15-10(6-7-12(17)18)13(19)16-11(14(20)21)8-9-4-2-1-3-5-9;3-2(4,5)1(6)7/h1-5,10-11H,6-8,15H2,(H,16,19)(H,17,18)(H,20,21);(H,6,7)/t10-,11-;/m0./s1. The Labute approximate surface area is 157 Å². The molecule has 1 aromatic carbocycles. The monoisotopic (exact) mass is 408 g/mol. The Morgan fingerprint density at radius 1 is 1.04 bits per heavy atom. The van der Waals surface area contributed by atoms with E-state index in [2.05, 4.69) is 5.32 Å². The Kier molecular flexibility index (Phi) is 10.2. The van der Waals surface area contributed by atoms with E-state index in [1.54, 1.807) is 30.3 Å². The molecule has 156 valence electrons. The number of carbonyl (C=O) groups excluding carboxylic acids is 1. The number of carboxylic acids is 3. The maximum Gasteiger partial charge on any atom is 0.490 e. The molecule has 9 nitrogen and oxygen atoms in total. The highest BCUT2D eigenvalue weighted by Crippen LogP contribution is 2.13. The van der Waals surface area contributed by atoms with Crippen LogP contribution in [0.15, 0.2) is 30.3 Å². The second kappa shape index (κ2) is 11.5. The largest absolute Gasteiger partial charge is 0.490 e. The maximum absolute atomic E-state index is 11.8. The molecule has 0 bridgehead atoms. The molecule has 1 rings (SSSR count). The van der Waals surface area contributed by atoms with Crippen molar-refractivity contribution in [3.8, 4) is 0 Å². The van der Waals surface area contributed by atoms with E-state index in [9.17, 15) is 27.6 Å². The van der Waals surface area contributed by atoms with E-state index in [1.807, 2.05) is 0 Å². The molecule has 0 aliphatic carbocycles. The van der Waals surface area contributed by atoms with Crippen molar-refractivity contribution in [2.45, 2.75) is 37.5 Å². The molecule has 0 saturated heterocycles. The quantitative estimate of drug-likeness (QED) is 0.417. The average molecular weight is 408 g/mol. The van der Waals surface area contributed by atoms with E-state index >= 15 is 0 Å². The molecule has 2 atom stereocenters. The van der Waals surface area contributed by atoms with Crippen LogP contribution in [0, 0.1) is 0 Å². The molecule has 12 heteroatoms. The van der Waals surface area contributed by atoms with Crippen molar-refractivity contribution in [2.75, 3.05) is 0 Å². The smallest absolute Gasteiger partial charge is 0.481 e. The summed E-state index contributed by atoms with van der Waals surface area (Å²) in [7, 11) is 0. The number of rotatable bonds is 8. The van der Waals surface area contributed by atoms with Crippen molar-refractivity contribution >= 4 is 23.8 Å². The van der Waals surface area contributed by atoms with Gasteiger partial charge in [-0.1, -0.05) is 30.3 Å². The van der Waals surface area contributed by atoms with Crippen molar-refractivity contribution < 1.29 is 47.7 Å². The van der Waals surface area contributed by atoms with Gasteiger partial charge in [-0.3, -0.25) is 9.59 Å². The van der Waals surface area contributed by atoms with Gasteiger partial charge in [-0.05, 0) is 12.0 Å². The van der Waals surface area contributed by atoms with Gasteiger partial charge >= 0.3 is 24.1 Å². The van der Waals surface area contributed by atoms with E-state index in [1.165, 1.54) is 0 Å². The highest BCUT2D eigenvalue weighted by molar-refractivity contribution is 5.87. The minimum atomic E-state index is -5.08. The summed E-state index contributed by atoms with van der Waals surface area (Å²) in [4.78, 5) is 42.3. The minimum Gasteiger partial charge on any atom is -0.481 e. The summed E-state index contributed by atoms with van der Waals surface area (Å²) in [5.74, 6) is -5.65. The van der Waals surface area contributed by atoms with Gasteiger partial charge in [0.15, 0.2) is 0 Å². The van der Waals surface area contributed by atoms with Crippen LogP contribution in [0.4, 0.5) is 13.2 Å². The normalized spacial score (nSPS) is 12.7. The number of benzene rings is 1. The fraction of sp³-hybridized carbons (Fsp3) is 0.375. The Morgan fingerprint density at radius 3 is 1.93 bits per heavy atom. The number of hydrogen-bond acceptors (Lipinski definition) is 5. The summed E-state index contributed by atoms with van der Waals surface area (Å²) >= 11 is 0. The Hall–Kier alpha value is -3.15. The van der Waals surface area contributed by atoms with Crippen LogP contribution >= 0.6 is 0 Å². The summed E-state index contributed by atoms with van der Waals surface area (Å²) in [5.41, 5.74) is 6.31. The van der Waals surface area contributed by atoms with Crippen molar-refractivity contribution in [1.82, 2.24) is 5.32 Å². The van der Waals surface area contributed by atoms with Gasteiger partial charge in [-0.15, -0.1) is 0 Å². The number of carboxylic acid groups (broad SMARTS) is 3. The first kappa shape index (κ1) is 24.8. The van der Waals surface area contributed by atoms with Crippen LogP contribution in [0.3, 0.4) is 0 Å². The molecular formula is C16H19F3N2O7. The third-order valence-corrected chi connectivity index (χ3v) is 3.15. The molecule has 0 aliphatic rings. The van der Waals surface area contributed by atoms with Crippen LogP contribution < -0.4 is 11.1 Å². The van der Waals surface area contributed by atoms with Gasteiger partial charge < -0.3 is 26.4 Å². The van der Waals surface area contributed by atoms with Crippen LogP contribution in [-0.2, 0) is 25.6 Å².